The zero-order valence-electron chi connectivity index (χ0n) is 13.0. The van der Waals surface area contributed by atoms with Gasteiger partial charge in [0.05, 0.1) is 5.75 Å². The third-order valence-corrected chi connectivity index (χ3v) is 5.02. The molecule has 0 aliphatic carbocycles. The highest BCUT2D eigenvalue weighted by molar-refractivity contribution is 8.00. The molecule has 0 saturated carbocycles. The SMILES string of the molecule is O=C(CSc1ccccc1)OC1CNCCC1c1ccccc1. The Morgan fingerprint density at radius 2 is 1.78 bits per heavy atom. The highest BCUT2D eigenvalue weighted by Crippen LogP contribution is 2.28. The number of carbonyl (C=O) groups is 1. The summed E-state index contributed by atoms with van der Waals surface area (Å²) in [6.45, 7) is 1.69. The number of nitrogens with one attached hydrogen (secondary N) is 1. The van der Waals surface area contributed by atoms with Gasteiger partial charge in [-0.25, -0.2) is 0 Å². The molecule has 0 amide bonds. The van der Waals surface area contributed by atoms with Gasteiger partial charge in [-0.15, -0.1) is 11.8 Å². The Kier molecular flexibility index (Phi) is 5.72. The van der Waals surface area contributed by atoms with Crippen molar-refractivity contribution in [2.45, 2.75) is 23.3 Å². The van der Waals surface area contributed by atoms with Gasteiger partial charge < -0.3 is 10.1 Å². The maximum atomic E-state index is 12.2. The molecule has 0 aromatic heterocycles. The van der Waals surface area contributed by atoms with Crippen molar-refractivity contribution in [2.75, 3.05) is 18.8 Å². The molecule has 2 aromatic carbocycles. The molecule has 2 unspecified atom stereocenters. The summed E-state index contributed by atoms with van der Waals surface area (Å²) in [5.74, 6) is 0.485. The average molecular weight is 327 g/mol. The van der Waals surface area contributed by atoms with Crippen LogP contribution in [0.1, 0.15) is 17.9 Å². The molecule has 0 spiro atoms. The quantitative estimate of drug-likeness (QED) is 0.674. The van der Waals surface area contributed by atoms with E-state index in [0.717, 1.165) is 24.4 Å². The predicted molar refractivity (Wildman–Crippen MR) is 93.7 cm³/mol. The van der Waals surface area contributed by atoms with Crippen LogP contribution in [0.25, 0.3) is 0 Å². The number of ether oxygens (including phenoxy) is 1. The average Bonchev–Trinajstić information content (AvgIpc) is 2.62. The minimum Gasteiger partial charge on any atom is -0.460 e. The Bertz CT molecular complexity index is 618. The smallest absolute Gasteiger partial charge is 0.316 e. The molecule has 120 valence electrons. The normalized spacial score (nSPS) is 20.9. The molecular formula is C19H21NO2S. The van der Waals surface area contributed by atoms with Crippen molar-refractivity contribution >= 4 is 17.7 Å². The van der Waals surface area contributed by atoms with Crippen molar-refractivity contribution in [3.8, 4) is 0 Å². The second-order valence-corrected chi connectivity index (χ2v) is 6.69. The number of piperidine rings is 1. The summed E-state index contributed by atoms with van der Waals surface area (Å²) in [7, 11) is 0. The van der Waals surface area contributed by atoms with Gasteiger partial charge in [-0.2, -0.15) is 0 Å². The molecule has 23 heavy (non-hydrogen) atoms. The van der Waals surface area contributed by atoms with E-state index in [4.69, 9.17) is 4.74 Å². The molecule has 1 fully saturated rings. The molecule has 4 heteroatoms. The molecule has 1 aliphatic rings. The summed E-state index contributed by atoms with van der Waals surface area (Å²) >= 11 is 1.52. The lowest BCUT2D eigenvalue weighted by atomic mass is 9.88. The van der Waals surface area contributed by atoms with Crippen LogP contribution in [0.5, 0.6) is 0 Å². The van der Waals surface area contributed by atoms with Gasteiger partial charge in [0.25, 0.3) is 0 Å². The Morgan fingerprint density at radius 3 is 2.52 bits per heavy atom. The van der Waals surface area contributed by atoms with Crippen LogP contribution in [0.4, 0.5) is 0 Å². The van der Waals surface area contributed by atoms with E-state index >= 15 is 0 Å². The van der Waals surface area contributed by atoms with E-state index in [0.29, 0.717) is 5.75 Å². The first-order valence-corrected chi connectivity index (χ1v) is 8.94. The third-order valence-electron chi connectivity index (χ3n) is 4.04. The number of thioether (sulfide) groups is 1. The van der Waals surface area contributed by atoms with E-state index in [-0.39, 0.29) is 18.0 Å². The second kappa shape index (κ2) is 8.18. The van der Waals surface area contributed by atoms with Gasteiger partial charge in [-0.3, -0.25) is 4.79 Å². The maximum absolute atomic E-state index is 12.2. The van der Waals surface area contributed by atoms with E-state index in [2.05, 4.69) is 17.4 Å². The van der Waals surface area contributed by atoms with Crippen molar-refractivity contribution in [1.82, 2.24) is 5.32 Å². The predicted octanol–water partition coefficient (Wildman–Crippen LogP) is 3.47. The van der Waals surface area contributed by atoms with Crippen LogP contribution < -0.4 is 5.32 Å². The van der Waals surface area contributed by atoms with Crippen LogP contribution in [-0.2, 0) is 9.53 Å². The number of hydrogen-bond donors (Lipinski definition) is 1. The summed E-state index contributed by atoms with van der Waals surface area (Å²) in [4.78, 5) is 13.3. The standard InChI is InChI=1S/C19H21NO2S/c21-19(14-23-16-9-5-2-6-10-16)22-18-13-20-12-11-17(18)15-7-3-1-4-8-15/h1-10,17-18,20H,11-14H2. The van der Waals surface area contributed by atoms with Gasteiger partial charge in [0.15, 0.2) is 0 Å². The lowest BCUT2D eigenvalue weighted by Gasteiger charge is -2.32. The van der Waals surface area contributed by atoms with Crippen LogP contribution in [0.2, 0.25) is 0 Å². The number of benzene rings is 2. The molecule has 1 aliphatic heterocycles. The van der Waals surface area contributed by atoms with Gasteiger partial charge in [0, 0.05) is 17.4 Å². The van der Waals surface area contributed by atoms with Crippen molar-refractivity contribution in [2.24, 2.45) is 0 Å². The lowest BCUT2D eigenvalue weighted by molar-refractivity contribution is -0.147. The van der Waals surface area contributed by atoms with Crippen LogP contribution in [0.3, 0.4) is 0 Å². The summed E-state index contributed by atoms with van der Waals surface area (Å²) in [5, 5.41) is 3.33. The molecule has 1 saturated heterocycles. The van der Waals surface area contributed by atoms with Gasteiger partial charge >= 0.3 is 5.97 Å². The summed E-state index contributed by atoms with van der Waals surface area (Å²) in [6.07, 6.45) is 0.906. The van der Waals surface area contributed by atoms with Crippen LogP contribution in [0, 0.1) is 0 Å². The van der Waals surface area contributed by atoms with Crippen LogP contribution in [-0.4, -0.2) is 30.9 Å². The van der Waals surface area contributed by atoms with Crippen molar-refractivity contribution in [1.29, 1.82) is 0 Å². The Morgan fingerprint density at radius 1 is 1.09 bits per heavy atom. The summed E-state index contributed by atoms with van der Waals surface area (Å²) in [6, 6.07) is 20.3. The number of rotatable bonds is 5. The van der Waals surface area contributed by atoms with Gasteiger partial charge in [0.2, 0.25) is 0 Å². The number of hydrogen-bond acceptors (Lipinski definition) is 4. The summed E-state index contributed by atoms with van der Waals surface area (Å²) < 4.78 is 5.76. The second-order valence-electron chi connectivity index (χ2n) is 5.64. The van der Waals surface area contributed by atoms with Crippen molar-refractivity contribution < 1.29 is 9.53 Å². The topological polar surface area (TPSA) is 38.3 Å². The fourth-order valence-electron chi connectivity index (χ4n) is 2.90. The van der Waals surface area contributed by atoms with E-state index in [1.807, 2.05) is 48.5 Å². The largest absolute Gasteiger partial charge is 0.460 e. The molecule has 2 aromatic rings. The highest BCUT2D eigenvalue weighted by Gasteiger charge is 2.29. The Balaban J connectivity index is 1.57. The minimum absolute atomic E-state index is 0.0879. The molecule has 3 rings (SSSR count). The fourth-order valence-corrected chi connectivity index (χ4v) is 3.60. The monoisotopic (exact) mass is 327 g/mol. The number of carbonyl (C=O) groups excluding carboxylic acids is 1. The van der Waals surface area contributed by atoms with E-state index in [1.54, 1.807) is 0 Å². The first-order chi connectivity index (χ1) is 11.3. The Hall–Kier alpha value is -1.78. The van der Waals surface area contributed by atoms with Crippen LogP contribution in [0.15, 0.2) is 65.6 Å². The highest BCUT2D eigenvalue weighted by atomic mass is 32.2. The fraction of sp³-hybridized carbons (Fsp3) is 0.316. The van der Waals surface area contributed by atoms with E-state index in [9.17, 15) is 4.79 Å². The lowest BCUT2D eigenvalue weighted by Crippen LogP contribution is -2.42. The number of esters is 1. The molecule has 1 heterocycles. The molecule has 2 atom stereocenters. The zero-order valence-corrected chi connectivity index (χ0v) is 13.8. The minimum atomic E-state index is -0.145. The third kappa shape index (κ3) is 4.60. The van der Waals surface area contributed by atoms with Crippen LogP contribution >= 0.6 is 11.8 Å². The molecular weight excluding hydrogens is 306 g/mol. The van der Waals surface area contributed by atoms with Gasteiger partial charge in [-0.05, 0) is 30.7 Å². The van der Waals surface area contributed by atoms with Crippen molar-refractivity contribution in [3.05, 3.63) is 66.2 Å². The van der Waals surface area contributed by atoms with E-state index in [1.165, 1.54) is 17.3 Å². The molecule has 1 N–H and O–H groups in total. The first kappa shape index (κ1) is 16.1. The van der Waals surface area contributed by atoms with Gasteiger partial charge in [-0.1, -0.05) is 48.5 Å². The molecule has 3 nitrogen and oxygen atoms in total. The maximum Gasteiger partial charge on any atom is 0.316 e. The molecule has 0 radical (unpaired) electrons. The molecule has 0 bridgehead atoms. The Labute approximate surface area is 141 Å². The summed E-state index contributed by atoms with van der Waals surface area (Å²) in [5.41, 5.74) is 1.25. The zero-order chi connectivity index (χ0) is 15.9. The van der Waals surface area contributed by atoms with Crippen molar-refractivity contribution in [3.63, 3.8) is 0 Å². The van der Waals surface area contributed by atoms with E-state index < -0.39 is 0 Å². The first-order valence-electron chi connectivity index (χ1n) is 7.96. The van der Waals surface area contributed by atoms with Gasteiger partial charge in [0.1, 0.15) is 6.10 Å².